The van der Waals surface area contributed by atoms with Crippen LogP contribution in [0.4, 0.5) is 0 Å². The SMILES string of the molecule is CCN(CC)CC1CCN(C(=NC)NCCCNC(=O)c2occc2C)C1. The third-order valence-electron chi connectivity index (χ3n) is 5.20. The minimum Gasteiger partial charge on any atom is -0.459 e. The van der Waals surface area contributed by atoms with Gasteiger partial charge in [-0.2, -0.15) is 0 Å². The summed E-state index contributed by atoms with van der Waals surface area (Å²) in [4.78, 5) is 21.3. The summed E-state index contributed by atoms with van der Waals surface area (Å²) in [6, 6.07) is 1.80. The predicted molar refractivity (Wildman–Crippen MR) is 109 cm³/mol. The normalized spacial score (nSPS) is 17.6. The number of aliphatic imine (C=N–C) groups is 1. The lowest BCUT2D eigenvalue weighted by Crippen LogP contribution is -2.41. The first-order valence-electron chi connectivity index (χ1n) is 10.1. The standard InChI is InChI=1S/C20H35N5O2/c1-5-24(6-2)14-17-8-12-25(15-17)20(21-4)23-11-7-10-22-19(26)18-16(3)9-13-27-18/h9,13,17H,5-8,10-12,14-15H2,1-4H3,(H,21,23)(H,22,26). The number of guanidine groups is 1. The predicted octanol–water partition coefficient (Wildman–Crippen LogP) is 1.95. The largest absolute Gasteiger partial charge is 0.459 e. The highest BCUT2D eigenvalue weighted by atomic mass is 16.3. The van der Waals surface area contributed by atoms with Crippen molar-refractivity contribution in [3.05, 3.63) is 23.7 Å². The van der Waals surface area contributed by atoms with Crippen LogP contribution in [0.15, 0.2) is 21.7 Å². The molecule has 2 N–H and O–H groups in total. The number of carbonyl (C=O) groups is 1. The Morgan fingerprint density at radius 3 is 2.70 bits per heavy atom. The van der Waals surface area contributed by atoms with E-state index in [0.717, 1.165) is 50.7 Å². The van der Waals surface area contributed by atoms with Crippen molar-refractivity contribution < 1.29 is 9.21 Å². The summed E-state index contributed by atoms with van der Waals surface area (Å²) in [5.41, 5.74) is 0.860. The van der Waals surface area contributed by atoms with Crippen molar-refractivity contribution in [1.82, 2.24) is 20.4 Å². The van der Waals surface area contributed by atoms with Gasteiger partial charge >= 0.3 is 0 Å². The van der Waals surface area contributed by atoms with Gasteiger partial charge in [-0.1, -0.05) is 13.8 Å². The van der Waals surface area contributed by atoms with Crippen molar-refractivity contribution >= 4 is 11.9 Å². The number of likely N-dealkylation sites (tertiary alicyclic amines) is 1. The van der Waals surface area contributed by atoms with Crippen LogP contribution in [-0.4, -0.2) is 74.5 Å². The molecular formula is C20H35N5O2. The Hall–Kier alpha value is -2.02. The van der Waals surface area contributed by atoms with E-state index >= 15 is 0 Å². The van der Waals surface area contributed by atoms with E-state index in [1.807, 2.05) is 14.0 Å². The molecule has 0 radical (unpaired) electrons. The van der Waals surface area contributed by atoms with Gasteiger partial charge in [0.25, 0.3) is 5.91 Å². The van der Waals surface area contributed by atoms with Gasteiger partial charge in [-0.25, -0.2) is 0 Å². The van der Waals surface area contributed by atoms with Gasteiger partial charge < -0.3 is 24.9 Å². The molecule has 1 aromatic rings. The highest BCUT2D eigenvalue weighted by molar-refractivity contribution is 5.92. The van der Waals surface area contributed by atoms with Crippen LogP contribution >= 0.6 is 0 Å². The molecule has 0 aromatic carbocycles. The lowest BCUT2D eigenvalue weighted by Gasteiger charge is -2.24. The van der Waals surface area contributed by atoms with Crippen LogP contribution in [0, 0.1) is 12.8 Å². The monoisotopic (exact) mass is 377 g/mol. The zero-order valence-electron chi connectivity index (χ0n) is 17.3. The van der Waals surface area contributed by atoms with Gasteiger partial charge in [-0.15, -0.1) is 0 Å². The van der Waals surface area contributed by atoms with E-state index < -0.39 is 0 Å². The first-order chi connectivity index (χ1) is 13.1. The average Bonchev–Trinajstić information content (AvgIpc) is 3.31. The minimum atomic E-state index is -0.152. The van der Waals surface area contributed by atoms with Crippen LogP contribution in [-0.2, 0) is 0 Å². The summed E-state index contributed by atoms with van der Waals surface area (Å²) in [5, 5.41) is 6.32. The van der Waals surface area contributed by atoms with E-state index in [4.69, 9.17) is 4.42 Å². The van der Waals surface area contributed by atoms with E-state index in [1.54, 1.807) is 12.3 Å². The van der Waals surface area contributed by atoms with Gasteiger partial charge in [0.05, 0.1) is 6.26 Å². The van der Waals surface area contributed by atoms with Crippen molar-refractivity contribution in [2.45, 2.75) is 33.6 Å². The van der Waals surface area contributed by atoms with Crippen LogP contribution < -0.4 is 10.6 Å². The summed E-state index contributed by atoms with van der Waals surface area (Å²) >= 11 is 0. The van der Waals surface area contributed by atoms with Crippen LogP contribution in [0.3, 0.4) is 0 Å². The maximum absolute atomic E-state index is 12.0. The highest BCUT2D eigenvalue weighted by Gasteiger charge is 2.25. The van der Waals surface area contributed by atoms with E-state index in [1.165, 1.54) is 13.0 Å². The molecule has 1 fully saturated rings. The number of amides is 1. The smallest absolute Gasteiger partial charge is 0.287 e. The van der Waals surface area contributed by atoms with Gasteiger partial charge in [-0.05, 0) is 44.8 Å². The van der Waals surface area contributed by atoms with Crippen molar-refractivity contribution in [3.63, 3.8) is 0 Å². The molecule has 1 aromatic heterocycles. The Morgan fingerprint density at radius 2 is 2.07 bits per heavy atom. The number of hydrogen-bond acceptors (Lipinski definition) is 4. The minimum absolute atomic E-state index is 0.152. The quantitative estimate of drug-likeness (QED) is 0.391. The molecule has 1 atom stereocenters. The number of nitrogens with zero attached hydrogens (tertiary/aromatic N) is 3. The van der Waals surface area contributed by atoms with Gasteiger partial charge in [0, 0.05) is 45.3 Å². The topological polar surface area (TPSA) is 73.1 Å². The number of rotatable bonds is 9. The second-order valence-corrected chi connectivity index (χ2v) is 7.10. The molecule has 1 amide bonds. The van der Waals surface area contributed by atoms with Gasteiger partial charge in [-0.3, -0.25) is 9.79 Å². The van der Waals surface area contributed by atoms with E-state index in [-0.39, 0.29) is 5.91 Å². The van der Waals surface area contributed by atoms with Crippen LogP contribution in [0.2, 0.25) is 0 Å². The molecule has 1 saturated heterocycles. The van der Waals surface area contributed by atoms with Crippen molar-refractivity contribution in [1.29, 1.82) is 0 Å². The van der Waals surface area contributed by atoms with Crippen LogP contribution in [0.25, 0.3) is 0 Å². The molecule has 152 valence electrons. The lowest BCUT2D eigenvalue weighted by atomic mass is 10.1. The highest BCUT2D eigenvalue weighted by Crippen LogP contribution is 2.17. The first-order valence-corrected chi connectivity index (χ1v) is 10.1. The van der Waals surface area contributed by atoms with E-state index in [9.17, 15) is 4.79 Å². The molecule has 2 heterocycles. The molecule has 7 heteroatoms. The van der Waals surface area contributed by atoms with E-state index in [0.29, 0.717) is 18.2 Å². The number of hydrogen-bond donors (Lipinski definition) is 2. The molecule has 2 rings (SSSR count). The summed E-state index contributed by atoms with van der Waals surface area (Å²) in [6.45, 7) is 13.2. The Bertz CT molecular complexity index is 609. The molecule has 0 aliphatic carbocycles. The molecule has 0 bridgehead atoms. The molecule has 7 nitrogen and oxygen atoms in total. The van der Waals surface area contributed by atoms with Gasteiger partial charge in [0.1, 0.15) is 0 Å². The summed E-state index contributed by atoms with van der Waals surface area (Å²) in [7, 11) is 1.83. The fourth-order valence-corrected chi connectivity index (χ4v) is 3.53. The van der Waals surface area contributed by atoms with Gasteiger partial charge in [0.2, 0.25) is 0 Å². The lowest BCUT2D eigenvalue weighted by molar-refractivity contribution is 0.0925. The van der Waals surface area contributed by atoms with Crippen LogP contribution in [0.5, 0.6) is 0 Å². The maximum atomic E-state index is 12.0. The number of carbonyl (C=O) groups excluding carboxylic acids is 1. The molecule has 27 heavy (non-hydrogen) atoms. The van der Waals surface area contributed by atoms with Crippen molar-refractivity contribution in [3.8, 4) is 0 Å². The third-order valence-corrected chi connectivity index (χ3v) is 5.20. The second-order valence-electron chi connectivity index (χ2n) is 7.10. The molecule has 0 spiro atoms. The zero-order chi connectivity index (χ0) is 19.6. The Morgan fingerprint density at radius 1 is 1.33 bits per heavy atom. The molecular weight excluding hydrogens is 342 g/mol. The van der Waals surface area contributed by atoms with Crippen molar-refractivity contribution in [2.75, 3.05) is 52.9 Å². The Kier molecular flexibility index (Phi) is 8.64. The number of furan rings is 1. The molecule has 1 aliphatic rings. The Balaban J connectivity index is 1.66. The number of nitrogens with one attached hydrogen (secondary N) is 2. The van der Waals surface area contributed by atoms with Gasteiger partial charge in [0.15, 0.2) is 11.7 Å². The fraction of sp³-hybridized carbons (Fsp3) is 0.700. The number of aryl methyl sites for hydroxylation is 1. The maximum Gasteiger partial charge on any atom is 0.287 e. The average molecular weight is 378 g/mol. The molecule has 1 aliphatic heterocycles. The zero-order valence-corrected chi connectivity index (χ0v) is 17.3. The third kappa shape index (κ3) is 6.27. The Labute approximate surface area is 163 Å². The van der Waals surface area contributed by atoms with E-state index in [2.05, 4.69) is 39.3 Å². The fourth-order valence-electron chi connectivity index (χ4n) is 3.53. The summed E-state index contributed by atoms with van der Waals surface area (Å²) < 4.78 is 5.20. The molecule has 0 saturated carbocycles. The summed E-state index contributed by atoms with van der Waals surface area (Å²) in [6.07, 6.45) is 3.59. The first kappa shape index (κ1) is 21.3. The summed E-state index contributed by atoms with van der Waals surface area (Å²) in [5.74, 6) is 1.92. The van der Waals surface area contributed by atoms with Crippen LogP contribution in [0.1, 0.15) is 42.8 Å². The molecule has 1 unspecified atom stereocenters. The second kappa shape index (κ2) is 11.0. The van der Waals surface area contributed by atoms with Crippen molar-refractivity contribution in [2.24, 2.45) is 10.9 Å².